The van der Waals surface area contributed by atoms with Crippen molar-refractivity contribution < 1.29 is 19.0 Å². The van der Waals surface area contributed by atoms with E-state index < -0.39 is 0 Å². The second-order valence-electron chi connectivity index (χ2n) is 7.67. The lowest BCUT2D eigenvalue weighted by molar-refractivity contribution is -0.122. The number of carbonyl (C=O) groups is 1. The van der Waals surface area contributed by atoms with Crippen molar-refractivity contribution in [1.82, 2.24) is 4.90 Å². The van der Waals surface area contributed by atoms with E-state index in [1.54, 1.807) is 12.0 Å². The van der Waals surface area contributed by atoms with Gasteiger partial charge in [0.25, 0.3) is 5.91 Å². The number of aryl methyl sites for hydroxylation is 1. The van der Waals surface area contributed by atoms with Gasteiger partial charge in [-0.2, -0.15) is 0 Å². The minimum absolute atomic E-state index is 0.0888. The SMILES string of the molecule is COc1ccc(OCCOc2ccc(C)cc2/C=C2\SC(=S)N(Cc3ccccc3)C2=O)cc1. The Morgan fingerprint density at radius 2 is 1.65 bits per heavy atom. The maximum atomic E-state index is 13.1. The number of benzene rings is 3. The largest absolute Gasteiger partial charge is 0.497 e. The van der Waals surface area contributed by atoms with Gasteiger partial charge in [0, 0.05) is 5.56 Å². The molecular weight excluding hydrogens is 466 g/mol. The van der Waals surface area contributed by atoms with Crippen molar-refractivity contribution in [3.05, 3.63) is 94.4 Å². The molecule has 7 heteroatoms. The molecule has 0 N–H and O–H groups in total. The molecule has 1 aliphatic heterocycles. The lowest BCUT2D eigenvalue weighted by Gasteiger charge is -2.14. The van der Waals surface area contributed by atoms with Gasteiger partial charge < -0.3 is 14.2 Å². The molecule has 0 atom stereocenters. The molecule has 0 radical (unpaired) electrons. The van der Waals surface area contributed by atoms with Crippen LogP contribution in [0.25, 0.3) is 6.08 Å². The van der Waals surface area contributed by atoms with Gasteiger partial charge in [-0.05, 0) is 55.0 Å². The van der Waals surface area contributed by atoms with E-state index in [0.717, 1.165) is 28.2 Å². The predicted octanol–water partition coefficient (Wildman–Crippen LogP) is 5.86. The van der Waals surface area contributed by atoms with E-state index in [9.17, 15) is 4.79 Å². The van der Waals surface area contributed by atoms with Crippen LogP contribution < -0.4 is 14.2 Å². The molecule has 1 saturated heterocycles. The first kappa shape index (κ1) is 23.9. The van der Waals surface area contributed by atoms with E-state index in [1.165, 1.54) is 11.8 Å². The van der Waals surface area contributed by atoms with Crippen LogP contribution in [0, 0.1) is 6.92 Å². The van der Waals surface area contributed by atoms with Gasteiger partial charge in [-0.3, -0.25) is 9.69 Å². The fraction of sp³-hybridized carbons (Fsp3) is 0.185. The Hall–Kier alpha value is -3.29. The van der Waals surface area contributed by atoms with E-state index in [-0.39, 0.29) is 5.91 Å². The third-order valence-corrected chi connectivity index (χ3v) is 6.56. The van der Waals surface area contributed by atoms with Crippen LogP contribution in [0.5, 0.6) is 17.2 Å². The molecule has 5 nitrogen and oxygen atoms in total. The van der Waals surface area contributed by atoms with Crippen molar-refractivity contribution in [2.75, 3.05) is 20.3 Å². The average molecular weight is 492 g/mol. The van der Waals surface area contributed by atoms with Crippen LogP contribution in [-0.2, 0) is 11.3 Å². The smallest absolute Gasteiger partial charge is 0.266 e. The standard InChI is InChI=1S/C27H25NO4S2/c1-19-8-13-24(32-15-14-31-23-11-9-22(30-2)10-12-23)21(16-19)17-25-26(29)28(27(33)34-25)18-20-6-4-3-5-7-20/h3-13,16-17H,14-15,18H2,1-2H3/b25-17-. The van der Waals surface area contributed by atoms with Gasteiger partial charge in [-0.15, -0.1) is 0 Å². The van der Waals surface area contributed by atoms with E-state index >= 15 is 0 Å². The van der Waals surface area contributed by atoms with Crippen molar-refractivity contribution in [3.63, 3.8) is 0 Å². The number of methoxy groups -OCH3 is 1. The highest BCUT2D eigenvalue weighted by Gasteiger charge is 2.32. The third-order valence-electron chi connectivity index (χ3n) is 5.18. The zero-order valence-corrected chi connectivity index (χ0v) is 20.7. The van der Waals surface area contributed by atoms with Crippen molar-refractivity contribution in [2.45, 2.75) is 13.5 Å². The molecule has 34 heavy (non-hydrogen) atoms. The van der Waals surface area contributed by atoms with Crippen LogP contribution in [0.3, 0.4) is 0 Å². The van der Waals surface area contributed by atoms with Crippen molar-refractivity contribution in [1.29, 1.82) is 0 Å². The molecule has 0 spiro atoms. The number of nitrogens with zero attached hydrogens (tertiary/aromatic N) is 1. The first-order valence-corrected chi connectivity index (χ1v) is 12.1. The molecule has 3 aromatic carbocycles. The Kier molecular flexibility index (Phi) is 7.87. The molecule has 0 unspecified atom stereocenters. The van der Waals surface area contributed by atoms with Crippen LogP contribution >= 0.6 is 24.0 Å². The lowest BCUT2D eigenvalue weighted by atomic mass is 10.1. The maximum Gasteiger partial charge on any atom is 0.266 e. The Morgan fingerprint density at radius 1 is 0.941 bits per heavy atom. The Bertz CT molecular complexity index is 1190. The minimum atomic E-state index is -0.0888. The normalized spacial score (nSPS) is 14.5. The quantitative estimate of drug-likeness (QED) is 0.212. The summed E-state index contributed by atoms with van der Waals surface area (Å²) in [7, 11) is 1.63. The fourth-order valence-corrected chi connectivity index (χ4v) is 4.68. The maximum absolute atomic E-state index is 13.1. The van der Waals surface area contributed by atoms with Crippen LogP contribution in [0.15, 0.2) is 77.7 Å². The summed E-state index contributed by atoms with van der Waals surface area (Å²) in [5.41, 5.74) is 2.95. The molecule has 0 aliphatic carbocycles. The number of carbonyl (C=O) groups excluding carboxylic acids is 1. The molecule has 4 rings (SSSR count). The van der Waals surface area contributed by atoms with E-state index in [1.807, 2.05) is 85.8 Å². The second kappa shape index (κ2) is 11.2. The monoisotopic (exact) mass is 491 g/mol. The van der Waals surface area contributed by atoms with Gasteiger partial charge >= 0.3 is 0 Å². The average Bonchev–Trinajstić information content (AvgIpc) is 3.11. The summed E-state index contributed by atoms with van der Waals surface area (Å²) in [5, 5.41) is 0. The summed E-state index contributed by atoms with van der Waals surface area (Å²) in [4.78, 5) is 15.3. The number of amides is 1. The highest BCUT2D eigenvalue weighted by Crippen LogP contribution is 2.35. The van der Waals surface area contributed by atoms with E-state index in [2.05, 4.69) is 0 Å². The number of thioether (sulfide) groups is 1. The number of ether oxygens (including phenoxy) is 3. The Morgan fingerprint density at radius 3 is 2.38 bits per heavy atom. The van der Waals surface area contributed by atoms with Crippen molar-refractivity contribution in [2.24, 2.45) is 0 Å². The van der Waals surface area contributed by atoms with Gasteiger partial charge in [-0.1, -0.05) is 65.9 Å². The minimum Gasteiger partial charge on any atom is -0.497 e. The van der Waals surface area contributed by atoms with Crippen LogP contribution in [0.1, 0.15) is 16.7 Å². The molecule has 0 bridgehead atoms. The molecular formula is C27H25NO4S2. The topological polar surface area (TPSA) is 48.0 Å². The summed E-state index contributed by atoms with van der Waals surface area (Å²) < 4.78 is 17.5. The van der Waals surface area contributed by atoms with Gasteiger partial charge in [0.05, 0.1) is 18.6 Å². The first-order chi connectivity index (χ1) is 16.5. The van der Waals surface area contributed by atoms with Gasteiger partial charge in [0.2, 0.25) is 0 Å². The highest BCUT2D eigenvalue weighted by atomic mass is 32.2. The lowest BCUT2D eigenvalue weighted by Crippen LogP contribution is -2.27. The first-order valence-electron chi connectivity index (χ1n) is 10.8. The van der Waals surface area contributed by atoms with Gasteiger partial charge in [-0.25, -0.2) is 0 Å². The fourth-order valence-electron chi connectivity index (χ4n) is 3.44. The third kappa shape index (κ3) is 5.98. The van der Waals surface area contributed by atoms with Crippen LogP contribution in [-0.4, -0.2) is 35.5 Å². The molecule has 1 amide bonds. The zero-order valence-electron chi connectivity index (χ0n) is 19.0. The Labute approximate surface area is 209 Å². The molecule has 3 aromatic rings. The van der Waals surface area contributed by atoms with Crippen LogP contribution in [0.2, 0.25) is 0 Å². The summed E-state index contributed by atoms with van der Waals surface area (Å²) in [6.45, 7) is 3.22. The molecule has 1 heterocycles. The zero-order chi connectivity index (χ0) is 23.9. The highest BCUT2D eigenvalue weighted by molar-refractivity contribution is 8.26. The number of hydrogen-bond acceptors (Lipinski definition) is 6. The molecule has 0 aromatic heterocycles. The molecule has 0 saturated carbocycles. The van der Waals surface area contributed by atoms with Gasteiger partial charge in [0.1, 0.15) is 34.8 Å². The van der Waals surface area contributed by atoms with E-state index in [4.69, 9.17) is 26.4 Å². The summed E-state index contributed by atoms with van der Waals surface area (Å²) >= 11 is 6.81. The summed E-state index contributed by atoms with van der Waals surface area (Å²) in [6, 6.07) is 23.2. The second-order valence-corrected chi connectivity index (χ2v) is 9.34. The summed E-state index contributed by atoms with van der Waals surface area (Å²) in [6.07, 6.45) is 1.86. The van der Waals surface area contributed by atoms with Crippen molar-refractivity contribution >= 4 is 40.3 Å². The van der Waals surface area contributed by atoms with Crippen LogP contribution in [0.4, 0.5) is 0 Å². The van der Waals surface area contributed by atoms with E-state index in [0.29, 0.717) is 34.7 Å². The number of thiocarbonyl (C=S) groups is 1. The van der Waals surface area contributed by atoms with Crippen molar-refractivity contribution in [3.8, 4) is 17.2 Å². The molecule has 1 aliphatic rings. The predicted molar refractivity (Wildman–Crippen MR) is 140 cm³/mol. The summed E-state index contributed by atoms with van der Waals surface area (Å²) in [5.74, 6) is 2.13. The number of rotatable bonds is 9. The molecule has 1 fully saturated rings. The van der Waals surface area contributed by atoms with Gasteiger partial charge in [0.15, 0.2) is 0 Å². The number of hydrogen-bond donors (Lipinski definition) is 0. The molecule has 174 valence electrons. The Balaban J connectivity index is 1.42.